The largest absolute Gasteiger partial charge is 0.451 e. The number of unbranched alkanes of at least 4 members (excludes halogenated alkanes) is 2. The number of nitrogens with zero attached hydrogens (tertiary/aromatic N) is 5. The van der Waals surface area contributed by atoms with Crippen molar-refractivity contribution < 1.29 is 13.2 Å². The number of hydrogen-bond donors (Lipinski definition) is 1. The van der Waals surface area contributed by atoms with Crippen molar-refractivity contribution in [1.82, 2.24) is 24.7 Å². The smallest absolute Gasteiger partial charge is 0.345 e. The molecule has 0 amide bonds. The molecule has 2 aromatic rings. The molecule has 2 aromatic heterocycles. The second kappa shape index (κ2) is 5.05. The fraction of sp³-hybridized carbons (Fsp3) is 0.583. The van der Waals surface area contributed by atoms with Crippen LogP contribution in [0.3, 0.4) is 0 Å². The Balaban J connectivity index is 1.98. The highest BCUT2D eigenvalue weighted by Gasteiger charge is 2.41. The summed E-state index contributed by atoms with van der Waals surface area (Å²) in [6, 6.07) is 0. The number of imidazole rings is 1. The Bertz CT molecular complexity index is 629. The Morgan fingerprint density at radius 3 is 2.81 bits per heavy atom. The molecule has 0 atom stereocenters. The maximum atomic E-state index is 13.0. The molecule has 1 N–H and O–H groups in total. The van der Waals surface area contributed by atoms with Gasteiger partial charge in [-0.25, -0.2) is 4.98 Å². The maximum absolute atomic E-state index is 13.0. The second-order valence-electron chi connectivity index (χ2n) is 4.97. The van der Waals surface area contributed by atoms with Gasteiger partial charge in [0, 0.05) is 6.54 Å². The number of H-pyrrole nitrogens is 1. The van der Waals surface area contributed by atoms with Gasteiger partial charge in [-0.3, -0.25) is 9.47 Å². The first-order chi connectivity index (χ1) is 10.0. The quantitative estimate of drug-likeness (QED) is 0.882. The molecular weight excluding hydrogens is 285 g/mol. The summed E-state index contributed by atoms with van der Waals surface area (Å²) < 4.78 is 40.0. The number of alkyl halides is 3. The van der Waals surface area contributed by atoms with E-state index >= 15 is 0 Å². The van der Waals surface area contributed by atoms with Gasteiger partial charge in [0.25, 0.3) is 0 Å². The van der Waals surface area contributed by atoms with Crippen molar-refractivity contribution in [3.8, 4) is 0 Å². The second-order valence-corrected chi connectivity index (χ2v) is 4.97. The maximum Gasteiger partial charge on any atom is 0.451 e. The number of aromatic nitrogens is 5. The van der Waals surface area contributed by atoms with Crippen LogP contribution in [0, 0.1) is 0 Å². The van der Waals surface area contributed by atoms with Crippen molar-refractivity contribution in [3.05, 3.63) is 17.8 Å². The zero-order valence-electron chi connectivity index (χ0n) is 11.5. The first-order valence-electron chi connectivity index (χ1n) is 6.82. The average Bonchev–Trinajstić information content (AvgIpc) is 3.03. The zero-order chi connectivity index (χ0) is 15.0. The lowest BCUT2D eigenvalue weighted by molar-refractivity contribution is -0.147. The summed E-state index contributed by atoms with van der Waals surface area (Å²) in [6.45, 7) is 2.69. The molecule has 0 bridgehead atoms. The molecule has 0 saturated heterocycles. The third-order valence-electron chi connectivity index (χ3n) is 3.48. The number of aromatic amines is 1. The van der Waals surface area contributed by atoms with Gasteiger partial charge in [-0.2, -0.15) is 13.2 Å². The molecule has 3 heterocycles. The minimum absolute atomic E-state index is 0.0524. The van der Waals surface area contributed by atoms with E-state index in [-0.39, 0.29) is 12.5 Å². The summed E-state index contributed by atoms with van der Waals surface area (Å²) in [5.74, 6) is -0.129. The van der Waals surface area contributed by atoms with E-state index < -0.39 is 12.0 Å². The topological polar surface area (TPSA) is 62.6 Å². The van der Waals surface area contributed by atoms with Gasteiger partial charge in [0.05, 0.1) is 18.6 Å². The Hall–Kier alpha value is -2.06. The van der Waals surface area contributed by atoms with Crippen LogP contribution in [0.4, 0.5) is 24.9 Å². The summed E-state index contributed by atoms with van der Waals surface area (Å²) in [7, 11) is 0. The Kier molecular flexibility index (Phi) is 3.34. The molecule has 0 aliphatic carbocycles. The number of hydrogen-bond acceptors (Lipinski definition) is 4. The van der Waals surface area contributed by atoms with Gasteiger partial charge >= 0.3 is 6.18 Å². The molecule has 0 spiro atoms. The van der Waals surface area contributed by atoms with Crippen molar-refractivity contribution in [3.63, 3.8) is 0 Å². The fourth-order valence-electron chi connectivity index (χ4n) is 2.49. The molecule has 0 fully saturated rings. The van der Waals surface area contributed by atoms with Gasteiger partial charge < -0.3 is 4.98 Å². The molecule has 1 aliphatic rings. The normalized spacial score (nSPS) is 14.2. The average molecular weight is 300 g/mol. The van der Waals surface area contributed by atoms with Gasteiger partial charge in [-0.05, 0) is 6.42 Å². The highest BCUT2D eigenvalue weighted by molar-refractivity contribution is 5.59. The summed E-state index contributed by atoms with van der Waals surface area (Å²) in [4.78, 5) is 8.79. The predicted octanol–water partition coefficient (Wildman–Crippen LogP) is 2.71. The summed E-state index contributed by atoms with van der Waals surface area (Å²) in [5.41, 5.74) is 0.643. The van der Waals surface area contributed by atoms with Crippen LogP contribution in [0.5, 0.6) is 0 Å². The Morgan fingerprint density at radius 2 is 2.10 bits per heavy atom. The third kappa shape index (κ3) is 2.36. The molecular formula is C12H15F3N6. The van der Waals surface area contributed by atoms with Crippen molar-refractivity contribution in [2.45, 2.75) is 38.9 Å². The van der Waals surface area contributed by atoms with Crippen LogP contribution in [-0.4, -0.2) is 31.3 Å². The molecule has 0 radical (unpaired) electrons. The highest BCUT2D eigenvalue weighted by atomic mass is 19.4. The summed E-state index contributed by atoms with van der Waals surface area (Å²) in [6.07, 6.45) is -0.141. The van der Waals surface area contributed by atoms with Gasteiger partial charge in [0.2, 0.25) is 11.8 Å². The first-order valence-corrected chi connectivity index (χ1v) is 6.82. The number of rotatable bonds is 4. The lowest BCUT2D eigenvalue weighted by Crippen LogP contribution is -2.29. The fourth-order valence-corrected chi connectivity index (χ4v) is 2.49. The van der Waals surface area contributed by atoms with Gasteiger partial charge in [0.1, 0.15) is 0 Å². The lowest BCUT2D eigenvalue weighted by Gasteiger charge is -2.27. The van der Waals surface area contributed by atoms with Crippen LogP contribution < -0.4 is 4.90 Å². The number of halogens is 3. The first kappa shape index (κ1) is 13.9. The van der Waals surface area contributed by atoms with Crippen LogP contribution in [0.2, 0.25) is 0 Å². The van der Waals surface area contributed by atoms with Crippen molar-refractivity contribution >= 4 is 11.8 Å². The van der Waals surface area contributed by atoms with Crippen LogP contribution in [-0.2, 0) is 12.7 Å². The summed E-state index contributed by atoms with van der Waals surface area (Å²) in [5, 5.41) is 7.04. The van der Waals surface area contributed by atoms with E-state index in [0.29, 0.717) is 18.1 Å². The van der Waals surface area contributed by atoms with E-state index in [1.54, 1.807) is 4.90 Å². The van der Waals surface area contributed by atoms with Gasteiger partial charge in [0.15, 0.2) is 5.82 Å². The van der Waals surface area contributed by atoms with E-state index in [1.165, 1.54) is 6.33 Å². The minimum Gasteiger partial charge on any atom is -0.345 e. The van der Waals surface area contributed by atoms with Crippen molar-refractivity contribution in [1.29, 1.82) is 0 Å². The van der Waals surface area contributed by atoms with E-state index in [2.05, 4.69) is 27.1 Å². The van der Waals surface area contributed by atoms with E-state index in [4.69, 9.17) is 0 Å². The number of nitrogens with one attached hydrogen (secondary N) is 1. The van der Waals surface area contributed by atoms with E-state index in [1.807, 2.05) is 0 Å². The Morgan fingerprint density at radius 1 is 1.29 bits per heavy atom. The van der Waals surface area contributed by atoms with Crippen molar-refractivity contribution in [2.75, 3.05) is 11.4 Å². The minimum atomic E-state index is -4.52. The standard InChI is InChI=1S/C12H15F3N6/c1-2-3-4-5-20-9-8(16-7-17-9)6-21-10(12(13,14)15)18-19-11(20)21/h7H,2-6H2,1H3,(H,16,17). The molecule has 21 heavy (non-hydrogen) atoms. The van der Waals surface area contributed by atoms with Crippen LogP contribution in [0.1, 0.15) is 37.7 Å². The summed E-state index contributed by atoms with van der Waals surface area (Å²) >= 11 is 0. The Labute approximate surface area is 119 Å². The molecule has 114 valence electrons. The molecule has 0 unspecified atom stereocenters. The number of anilines is 2. The molecule has 6 nitrogen and oxygen atoms in total. The number of fused-ring (bicyclic) bond motifs is 2. The molecule has 0 aromatic carbocycles. The molecule has 0 saturated carbocycles. The van der Waals surface area contributed by atoms with E-state index in [0.717, 1.165) is 23.8 Å². The predicted molar refractivity (Wildman–Crippen MR) is 69.2 cm³/mol. The third-order valence-corrected chi connectivity index (χ3v) is 3.48. The molecule has 9 heteroatoms. The van der Waals surface area contributed by atoms with Gasteiger partial charge in [-0.15, -0.1) is 10.2 Å². The van der Waals surface area contributed by atoms with Crippen LogP contribution in [0.25, 0.3) is 0 Å². The van der Waals surface area contributed by atoms with Crippen LogP contribution in [0.15, 0.2) is 6.33 Å². The highest BCUT2D eigenvalue weighted by Crippen LogP contribution is 2.36. The zero-order valence-corrected chi connectivity index (χ0v) is 11.5. The molecule has 1 aliphatic heterocycles. The van der Waals surface area contributed by atoms with E-state index in [9.17, 15) is 13.2 Å². The monoisotopic (exact) mass is 300 g/mol. The SMILES string of the molecule is CCCCCN1c2nc[nH]c2Cn2c1nnc2C(F)(F)F. The van der Waals surface area contributed by atoms with Crippen LogP contribution >= 0.6 is 0 Å². The lowest BCUT2D eigenvalue weighted by atomic mass is 10.2. The van der Waals surface area contributed by atoms with Gasteiger partial charge in [-0.1, -0.05) is 19.8 Å². The molecule has 3 rings (SSSR count). The van der Waals surface area contributed by atoms with Crippen molar-refractivity contribution in [2.24, 2.45) is 0 Å².